The van der Waals surface area contributed by atoms with Crippen molar-refractivity contribution >= 4 is 5.95 Å². The first kappa shape index (κ1) is 15.2. The predicted octanol–water partition coefficient (Wildman–Crippen LogP) is 3.24. The van der Waals surface area contributed by atoms with Gasteiger partial charge in [-0.3, -0.25) is 4.98 Å². The second-order valence-corrected chi connectivity index (χ2v) is 4.57. The average Bonchev–Trinajstić information content (AvgIpc) is 2.43. The molecule has 0 aromatic carbocycles. The van der Waals surface area contributed by atoms with Crippen molar-refractivity contribution in [2.75, 3.05) is 11.9 Å². The molecule has 0 bridgehead atoms. The van der Waals surface area contributed by atoms with Crippen LogP contribution in [0.15, 0.2) is 30.5 Å². The molecule has 0 unspecified atom stereocenters. The van der Waals surface area contributed by atoms with Crippen molar-refractivity contribution in [3.63, 3.8) is 0 Å². The Labute approximate surface area is 120 Å². The maximum atomic E-state index is 12.6. The molecule has 0 aliphatic carbocycles. The Morgan fingerprint density at radius 3 is 2.67 bits per heavy atom. The summed E-state index contributed by atoms with van der Waals surface area (Å²) in [6.07, 6.45) is -1.28. The Hall–Kier alpha value is -2.18. The van der Waals surface area contributed by atoms with E-state index in [9.17, 15) is 13.2 Å². The van der Waals surface area contributed by atoms with Gasteiger partial charge in [-0.05, 0) is 38.0 Å². The minimum atomic E-state index is -4.46. The van der Waals surface area contributed by atoms with E-state index in [-0.39, 0.29) is 11.6 Å². The van der Waals surface area contributed by atoms with Gasteiger partial charge < -0.3 is 5.32 Å². The Kier molecular flexibility index (Phi) is 4.72. The number of hydrogen-bond acceptors (Lipinski definition) is 4. The van der Waals surface area contributed by atoms with Gasteiger partial charge in [-0.25, -0.2) is 9.97 Å². The number of aromatic nitrogens is 3. The average molecular weight is 296 g/mol. The summed E-state index contributed by atoms with van der Waals surface area (Å²) in [4.78, 5) is 11.6. The Morgan fingerprint density at radius 1 is 1.19 bits per heavy atom. The number of pyridine rings is 1. The van der Waals surface area contributed by atoms with Gasteiger partial charge in [-0.15, -0.1) is 0 Å². The zero-order chi connectivity index (χ0) is 15.3. The van der Waals surface area contributed by atoms with Gasteiger partial charge in [-0.2, -0.15) is 13.2 Å². The van der Waals surface area contributed by atoms with Crippen LogP contribution in [0.4, 0.5) is 19.1 Å². The van der Waals surface area contributed by atoms with Gasteiger partial charge in [0, 0.05) is 24.1 Å². The third kappa shape index (κ3) is 4.70. The Balaban J connectivity index is 1.90. The maximum Gasteiger partial charge on any atom is 0.433 e. The number of aryl methyl sites for hydroxylation is 2. The number of rotatable bonds is 5. The van der Waals surface area contributed by atoms with Crippen LogP contribution in [0.2, 0.25) is 0 Å². The molecule has 2 rings (SSSR count). The van der Waals surface area contributed by atoms with E-state index in [4.69, 9.17) is 0 Å². The molecule has 0 aliphatic heterocycles. The normalized spacial score (nSPS) is 11.4. The van der Waals surface area contributed by atoms with E-state index in [0.717, 1.165) is 24.6 Å². The molecule has 21 heavy (non-hydrogen) atoms. The lowest BCUT2D eigenvalue weighted by atomic mass is 10.2. The van der Waals surface area contributed by atoms with Crippen LogP contribution in [0.5, 0.6) is 0 Å². The summed E-state index contributed by atoms with van der Waals surface area (Å²) in [5.41, 5.74) is 0.298. The smallest absolute Gasteiger partial charge is 0.354 e. The fraction of sp³-hybridized carbons (Fsp3) is 0.357. The SMILES string of the molecule is Cc1cc(C(F)(F)F)nc(NCCCc2ccccn2)n1. The third-order valence-corrected chi connectivity index (χ3v) is 2.76. The fourth-order valence-electron chi connectivity index (χ4n) is 1.81. The second kappa shape index (κ2) is 6.51. The highest BCUT2D eigenvalue weighted by molar-refractivity contribution is 5.29. The molecule has 2 aromatic heterocycles. The third-order valence-electron chi connectivity index (χ3n) is 2.76. The molecule has 0 radical (unpaired) electrons. The van der Waals surface area contributed by atoms with Gasteiger partial charge in [0.25, 0.3) is 0 Å². The van der Waals surface area contributed by atoms with Crippen molar-refractivity contribution in [3.8, 4) is 0 Å². The summed E-state index contributed by atoms with van der Waals surface area (Å²) in [7, 11) is 0. The van der Waals surface area contributed by atoms with Gasteiger partial charge in [0.2, 0.25) is 5.95 Å². The van der Waals surface area contributed by atoms with E-state index < -0.39 is 11.9 Å². The molecule has 0 saturated heterocycles. The number of halogens is 3. The lowest BCUT2D eigenvalue weighted by molar-refractivity contribution is -0.141. The first-order valence-electron chi connectivity index (χ1n) is 6.52. The molecule has 0 saturated carbocycles. The highest BCUT2D eigenvalue weighted by Gasteiger charge is 2.33. The molecule has 2 heterocycles. The van der Waals surface area contributed by atoms with Crippen molar-refractivity contribution < 1.29 is 13.2 Å². The summed E-state index contributed by atoms with van der Waals surface area (Å²) in [6, 6.07) is 6.57. The maximum absolute atomic E-state index is 12.6. The molecular weight excluding hydrogens is 281 g/mol. The first-order valence-corrected chi connectivity index (χ1v) is 6.52. The summed E-state index contributed by atoms with van der Waals surface area (Å²) >= 11 is 0. The van der Waals surface area contributed by atoms with E-state index in [1.54, 1.807) is 6.20 Å². The second-order valence-electron chi connectivity index (χ2n) is 4.57. The summed E-state index contributed by atoms with van der Waals surface area (Å²) < 4.78 is 37.9. The highest BCUT2D eigenvalue weighted by Crippen LogP contribution is 2.28. The fourth-order valence-corrected chi connectivity index (χ4v) is 1.81. The number of nitrogens with one attached hydrogen (secondary N) is 1. The molecule has 1 N–H and O–H groups in total. The molecule has 2 aromatic rings. The summed E-state index contributed by atoms with van der Waals surface area (Å²) in [5, 5.41) is 2.82. The van der Waals surface area contributed by atoms with Crippen LogP contribution in [0, 0.1) is 6.92 Å². The molecule has 0 spiro atoms. The van der Waals surface area contributed by atoms with Crippen molar-refractivity contribution in [3.05, 3.63) is 47.5 Å². The van der Waals surface area contributed by atoms with E-state index in [1.807, 2.05) is 18.2 Å². The van der Waals surface area contributed by atoms with E-state index in [2.05, 4.69) is 20.3 Å². The van der Waals surface area contributed by atoms with Gasteiger partial charge in [0.05, 0.1) is 0 Å². The molecule has 4 nitrogen and oxygen atoms in total. The zero-order valence-corrected chi connectivity index (χ0v) is 11.5. The van der Waals surface area contributed by atoms with Crippen LogP contribution < -0.4 is 5.32 Å². The Morgan fingerprint density at radius 2 is 2.00 bits per heavy atom. The molecule has 0 fully saturated rings. The molecule has 112 valence electrons. The lowest BCUT2D eigenvalue weighted by Gasteiger charge is -2.10. The van der Waals surface area contributed by atoms with Crippen molar-refractivity contribution in [2.24, 2.45) is 0 Å². The molecule has 7 heteroatoms. The van der Waals surface area contributed by atoms with Crippen LogP contribution in [0.1, 0.15) is 23.5 Å². The van der Waals surface area contributed by atoms with E-state index in [0.29, 0.717) is 6.54 Å². The van der Waals surface area contributed by atoms with Crippen LogP contribution in [-0.4, -0.2) is 21.5 Å². The minimum Gasteiger partial charge on any atom is -0.354 e. The number of anilines is 1. The van der Waals surface area contributed by atoms with Crippen molar-refractivity contribution in [1.82, 2.24) is 15.0 Å². The minimum absolute atomic E-state index is 0.00310. The van der Waals surface area contributed by atoms with Crippen LogP contribution in [0.25, 0.3) is 0 Å². The van der Waals surface area contributed by atoms with Gasteiger partial charge in [-0.1, -0.05) is 6.07 Å². The summed E-state index contributed by atoms with van der Waals surface area (Å²) in [6.45, 7) is 1.99. The number of alkyl halides is 3. The van der Waals surface area contributed by atoms with Crippen LogP contribution >= 0.6 is 0 Å². The topological polar surface area (TPSA) is 50.7 Å². The molecule has 0 atom stereocenters. The first-order chi connectivity index (χ1) is 9.95. The number of nitrogens with zero attached hydrogens (tertiary/aromatic N) is 3. The molecule has 0 aliphatic rings. The zero-order valence-electron chi connectivity index (χ0n) is 11.5. The van der Waals surface area contributed by atoms with E-state index in [1.165, 1.54) is 6.92 Å². The van der Waals surface area contributed by atoms with Gasteiger partial charge in [0.15, 0.2) is 0 Å². The summed E-state index contributed by atoms with van der Waals surface area (Å²) in [5.74, 6) is 0.00310. The van der Waals surface area contributed by atoms with Crippen LogP contribution in [0.3, 0.4) is 0 Å². The molecule has 0 amide bonds. The monoisotopic (exact) mass is 296 g/mol. The largest absolute Gasteiger partial charge is 0.433 e. The predicted molar refractivity (Wildman–Crippen MR) is 72.8 cm³/mol. The van der Waals surface area contributed by atoms with Gasteiger partial charge in [0.1, 0.15) is 5.69 Å². The highest BCUT2D eigenvalue weighted by atomic mass is 19.4. The lowest BCUT2D eigenvalue weighted by Crippen LogP contribution is -2.13. The van der Waals surface area contributed by atoms with E-state index >= 15 is 0 Å². The van der Waals surface area contributed by atoms with Gasteiger partial charge >= 0.3 is 6.18 Å². The molecular formula is C14H15F3N4. The quantitative estimate of drug-likeness (QED) is 0.861. The van der Waals surface area contributed by atoms with Crippen molar-refractivity contribution in [2.45, 2.75) is 25.9 Å². The van der Waals surface area contributed by atoms with Crippen LogP contribution in [-0.2, 0) is 12.6 Å². The standard InChI is InChI=1S/C14H15F3N4/c1-10-9-12(14(15,16)17)21-13(20-10)19-8-4-6-11-5-2-3-7-18-11/h2-3,5,7,9H,4,6,8H2,1H3,(H,19,20,21). The van der Waals surface area contributed by atoms with Crippen molar-refractivity contribution in [1.29, 1.82) is 0 Å². The Bertz CT molecular complexity index is 585. The number of hydrogen-bond donors (Lipinski definition) is 1.